The number of hydrogen-bond donors (Lipinski definition) is 2. The molecule has 1 aromatic heterocycles. The molecule has 1 aromatic carbocycles. The van der Waals surface area contributed by atoms with Crippen molar-refractivity contribution in [2.75, 3.05) is 6.61 Å². The van der Waals surface area contributed by atoms with E-state index in [9.17, 15) is 9.59 Å². The number of hydrogen-bond acceptors (Lipinski definition) is 3. The summed E-state index contributed by atoms with van der Waals surface area (Å²) in [6, 6.07) is 10.4. The molecule has 0 aliphatic heterocycles. The van der Waals surface area contributed by atoms with Gasteiger partial charge in [0.05, 0.1) is 6.61 Å². The van der Waals surface area contributed by atoms with E-state index in [1.807, 2.05) is 31.2 Å². The molecule has 0 aliphatic rings. The Bertz CT molecular complexity index is 649. The monoisotopic (exact) mass is 272 g/mol. The van der Waals surface area contributed by atoms with E-state index in [0.717, 1.165) is 11.3 Å². The Balaban J connectivity index is 1.99. The minimum atomic E-state index is -0.295. The number of carbonyl (C=O) groups is 1. The Labute approximate surface area is 116 Å². The second kappa shape index (κ2) is 6.56. The van der Waals surface area contributed by atoms with E-state index in [-0.39, 0.29) is 11.5 Å². The summed E-state index contributed by atoms with van der Waals surface area (Å²) >= 11 is 0. The summed E-state index contributed by atoms with van der Waals surface area (Å²) in [4.78, 5) is 25.5. The molecule has 104 valence electrons. The van der Waals surface area contributed by atoms with E-state index >= 15 is 0 Å². The van der Waals surface area contributed by atoms with Crippen molar-refractivity contribution in [3.05, 3.63) is 64.1 Å². The first-order valence-electron chi connectivity index (χ1n) is 6.37. The first-order valence-corrected chi connectivity index (χ1v) is 6.37. The fourth-order valence-corrected chi connectivity index (χ4v) is 1.78. The maximum absolute atomic E-state index is 11.9. The lowest BCUT2D eigenvalue weighted by molar-refractivity contribution is 0.0950. The van der Waals surface area contributed by atoms with Crippen LogP contribution in [-0.2, 0) is 6.54 Å². The van der Waals surface area contributed by atoms with Crippen molar-refractivity contribution in [2.45, 2.75) is 13.5 Å². The van der Waals surface area contributed by atoms with Crippen LogP contribution < -0.4 is 15.6 Å². The maximum Gasteiger partial charge on any atom is 0.251 e. The molecule has 5 nitrogen and oxygen atoms in total. The molecule has 0 atom stereocenters. The van der Waals surface area contributed by atoms with E-state index in [0.29, 0.717) is 18.7 Å². The van der Waals surface area contributed by atoms with Crippen LogP contribution in [0.4, 0.5) is 0 Å². The highest BCUT2D eigenvalue weighted by Crippen LogP contribution is 2.13. The quantitative estimate of drug-likeness (QED) is 0.870. The number of rotatable bonds is 5. The fourth-order valence-electron chi connectivity index (χ4n) is 1.78. The summed E-state index contributed by atoms with van der Waals surface area (Å²) in [6.45, 7) is 2.90. The van der Waals surface area contributed by atoms with Gasteiger partial charge in [-0.2, -0.15) is 0 Å². The first-order chi connectivity index (χ1) is 9.69. The average Bonchev–Trinajstić information content (AvgIpc) is 2.45. The van der Waals surface area contributed by atoms with Crippen LogP contribution in [0.5, 0.6) is 5.75 Å². The van der Waals surface area contributed by atoms with Gasteiger partial charge < -0.3 is 15.0 Å². The van der Waals surface area contributed by atoms with Crippen LogP contribution >= 0.6 is 0 Å². The zero-order valence-corrected chi connectivity index (χ0v) is 11.2. The molecule has 0 saturated heterocycles. The van der Waals surface area contributed by atoms with Gasteiger partial charge in [0.25, 0.3) is 5.91 Å². The molecular formula is C15H16N2O3. The summed E-state index contributed by atoms with van der Waals surface area (Å²) in [7, 11) is 0. The number of carbonyl (C=O) groups excluding carboxylic acids is 1. The molecule has 0 saturated carbocycles. The summed E-state index contributed by atoms with van der Waals surface area (Å²) in [5.74, 6) is 0.494. The molecule has 0 unspecified atom stereocenters. The molecule has 2 aromatic rings. The van der Waals surface area contributed by atoms with Crippen LogP contribution in [-0.4, -0.2) is 17.5 Å². The lowest BCUT2D eigenvalue weighted by Gasteiger charge is -2.07. The molecule has 5 heteroatoms. The summed E-state index contributed by atoms with van der Waals surface area (Å²) in [6.07, 6.45) is 1.45. The van der Waals surface area contributed by atoms with Gasteiger partial charge in [-0.15, -0.1) is 0 Å². The highest BCUT2D eigenvalue weighted by Gasteiger charge is 2.05. The number of nitrogens with one attached hydrogen (secondary N) is 2. The molecule has 2 rings (SSSR count). The number of aromatic amines is 1. The van der Waals surface area contributed by atoms with E-state index in [4.69, 9.17) is 4.74 Å². The Morgan fingerprint density at radius 3 is 2.90 bits per heavy atom. The van der Waals surface area contributed by atoms with Gasteiger partial charge in [0.1, 0.15) is 5.75 Å². The third-order valence-electron chi connectivity index (χ3n) is 2.70. The van der Waals surface area contributed by atoms with Gasteiger partial charge in [-0.05, 0) is 30.7 Å². The molecule has 0 spiro atoms. The molecule has 0 fully saturated rings. The van der Waals surface area contributed by atoms with Crippen LogP contribution in [0.15, 0.2) is 47.4 Å². The lowest BCUT2D eigenvalue weighted by Crippen LogP contribution is -2.24. The molecule has 20 heavy (non-hydrogen) atoms. The van der Waals surface area contributed by atoms with Crippen molar-refractivity contribution in [3.63, 3.8) is 0 Å². The second-order valence-electron chi connectivity index (χ2n) is 4.20. The Kier molecular flexibility index (Phi) is 4.55. The number of amides is 1. The Hall–Kier alpha value is -2.56. The van der Waals surface area contributed by atoms with Crippen molar-refractivity contribution in [1.29, 1.82) is 0 Å². The topological polar surface area (TPSA) is 71.2 Å². The Morgan fingerprint density at radius 2 is 2.15 bits per heavy atom. The van der Waals surface area contributed by atoms with Crippen molar-refractivity contribution in [2.24, 2.45) is 0 Å². The predicted molar refractivity (Wildman–Crippen MR) is 75.8 cm³/mol. The van der Waals surface area contributed by atoms with Crippen LogP contribution in [0.2, 0.25) is 0 Å². The molecular weight excluding hydrogens is 256 g/mol. The molecule has 0 radical (unpaired) electrons. The standard InChI is InChI=1S/C15H16N2O3/c1-2-20-13-5-3-4-11(8-13)10-17-15(19)12-6-7-16-14(18)9-12/h3-9H,2,10H2,1H3,(H,16,18)(H,17,19). The van der Waals surface area contributed by atoms with Crippen molar-refractivity contribution in [3.8, 4) is 5.75 Å². The van der Waals surface area contributed by atoms with Gasteiger partial charge in [0.2, 0.25) is 5.56 Å². The minimum absolute atomic E-state index is 0.280. The zero-order valence-electron chi connectivity index (χ0n) is 11.2. The van der Waals surface area contributed by atoms with Gasteiger partial charge in [-0.3, -0.25) is 9.59 Å². The fraction of sp³-hybridized carbons (Fsp3) is 0.200. The molecule has 1 amide bonds. The zero-order chi connectivity index (χ0) is 14.4. The molecule has 1 heterocycles. The summed E-state index contributed by atoms with van der Waals surface area (Å²) in [5, 5.41) is 2.76. The van der Waals surface area contributed by atoms with E-state index in [2.05, 4.69) is 10.3 Å². The van der Waals surface area contributed by atoms with Crippen LogP contribution in [0.25, 0.3) is 0 Å². The van der Waals surface area contributed by atoms with Gasteiger partial charge in [-0.1, -0.05) is 12.1 Å². The minimum Gasteiger partial charge on any atom is -0.494 e. The number of pyridine rings is 1. The van der Waals surface area contributed by atoms with Gasteiger partial charge in [-0.25, -0.2) is 0 Å². The van der Waals surface area contributed by atoms with Crippen LogP contribution in [0.3, 0.4) is 0 Å². The maximum atomic E-state index is 11.9. The smallest absolute Gasteiger partial charge is 0.251 e. The average molecular weight is 272 g/mol. The SMILES string of the molecule is CCOc1cccc(CNC(=O)c2cc[nH]c(=O)c2)c1. The lowest BCUT2D eigenvalue weighted by atomic mass is 10.2. The molecule has 0 aliphatic carbocycles. The normalized spacial score (nSPS) is 10.1. The van der Waals surface area contributed by atoms with Gasteiger partial charge in [0.15, 0.2) is 0 Å². The molecule has 0 bridgehead atoms. The van der Waals surface area contributed by atoms with E-state index in [1.165, 1.54) is 12.3 Å². The Morgan fingerprint density at radius 1 is 1.30 bits per heavy atom. The largest absolute Gasteiger partial charge is 0.494 e. The van der Waals surface area contributed by atoms with E-state index < -0.39 is 0 Å². The van der Waals surface area contributed by atoms with E-state index in [1.54, 1.807) is 6.07 Å². The highest BCUT2D eigenvalue weighted by atomic mass is 16.5. The van der Waals surface area contributed by atoms with Crippen molar-refractivity contribution in [1.82, 2.24) is 10.3 Å². The van der Waals surface area contributed by atoms with Crippen molar-refractivity contribution >= 4 is 5.91 Å². The first kappa shape index (κ1) is 13.9. The summed E-state index contributed by atoms with van der Waals surface area (Å²) in [5.41, 5.74) is 0.986. The van der Waals surface area contributed by atoms with Gasteiger partial charge in [0, 0.05) is 24.4 Å². The molecule has 2 N–H and O–H groups in total. The number of benzene rings is 1. The van der Waals surface area contributed by atoms with Crippen LogP contribution in [0, 0.1) is 0 Å². The second-order valence-corrected chi connectivity index (χ2v) is 4.20. The number of aromatic nitrogens is 1. The third kappa shape index (κ3) is 3.71. The number of H-pyrrole nitrogens is 1. The van der Waals surface area contributed by atoms with Gasteiger partial charge >= 0.3 is 0 Å². The highest BCUT2D eigenvalue weighted by molar-refractivity contribution is 5.93. The third-order valence-corrected chi connectivity index (χ3v) is 2.70. The van der Waals surface area contributed by atoms with Crippen molar-refractivity contribution < 1.29 is 9.53 Å². The number of ether oxygens (including phenoxy) is 1. The van der Waals surface area contributed by atoms with Crippen LogP contribution in [0.1, 0.15) is 22.8 Å². The predicted octanol–water partition coefficient (Wildman–Crippen LogP) is 1.70. The summed E-state index contributed by atoms with van der Waals surface area (Å²) < 4.78 is 5.40.